The van der Waals surface area contributed by atoms with E-state index in [-0.39, 0.29) is 11.4 Å². The van der Waals surface area contributed by atoms with Crippen molar-refractivity contribution in [3.05, 3.63) is 23.8 Å². The smallest absolute Gasteiger partial charge is 0.255 e. The second-order valence-electron chi connectivity index (χ2n) is 8.18. The van der Waals surface area contributed by atoms with Gasteiger partial charge < -0.3 is 14.8 Å². The molecule has 4 saturated carbocycles. The molecule has 1 amide bonds. The molecule has 0 aromatic heterocycles. The molecule has 4 heteroatoms. The summed E-state index contributed by atoms with van der Waals surface area (Å²) < 4.78 is 11.3. The molecule has 4 nitrogen and oxygen atoms in total. The number of carbonyl (C=O) groups is 1. The molecule has 0 atom stereocenters. The fourth-order valence-corrected chi connectivity index (χ4v) is 5.80. The van der Waals surface area contributed by atoms with Crippen molar-refractivity contribution in [3.8, 4) is 11.5 Å². The molecule has 0 saturated heterocycles. The number of hydrogen-bond donors (Lipinski definition) is 1. The quantitative estimate of drug-likeness (QED) is 0.843. The van der Waals surface area contributed by atoms with E-state index in [1.807, 2.05) is 32.0 Å². The maximum Gasteiger partial charge on any atom is 0.255 e. The van der Waals surface area contributed by atoms with Crippen molar-refractivity contribution in [1.29, 1.82) is 0 Å². The topological polar surface area (TPSA) is 47.6 Å². The molecular formula is C21H29NO3. The van der Waals surface area contributed by atoms with Crippen LogP contribution in [0.25, 0.3) is 0 Å². The predicted molar refractivity (Wildman–Crippen MR) is 97.1 cm³/mol. The van der Waals surface area contributed by atoms with Gasteiger partial charge in [-0.3, -0.25) is 4.79 Å². The average Bonchev–Trinajstić information content (AvgIpc) is 2.55. The lowest BCUT2D eigenvalue weighted by Crippen LogP contribution is -2.59. The Balaban J connectivity index is 1.57. The Morgan fingerprint density at radius 1 is 1.04 bits per heavy atom. The van der Waals surface area contributed by atoms with Gasteiger partial charge in [0.25, 0.3) is 5.91 Å². The zero-order valence-corrected chi connectivity index (χ0v) is 15.3. The molecule has 5 rings (SSSR count). The van der Waals surface area contributed by atoms with Crippen LogP contribution in [0, 0.1) is 17.8 Å². The highest BCUT2D eigenvalue weighted by Gasteiger charge is 2.51. The van der Waals surface area contributed by atoms with Crippen LogP contribution in [-0.2, 0) is 0 Å². The molecule has 25 heavy (non-hydrogen) atoms. The van der Waals surface area contributed by atoms with Crippen LogP contribution in [0.3, 0.4) is 0 Å². The van der Waals surface area contributed by atoms with Crippen LogP contribution in [0.2, 0.25) is 0 Å². The van der Waals surface area contributed by atoms with Gasteiger partial charge in [0.1, 0.15) is 11.5 Å². The first-order valence-electron chi connectivity index (χ1n) is 9.83. The van der Waals surface area contributed by atoms with Gasteiger partial charge in [0.05, 0.1) is 18.8 Å². The molecule has 0 unspecified atom stereocenters. The van der Waals surface area contributed by atoms with Gasteiger partial charge in [0.2, 0.25) is 0 Å². The molecule has 0 aliphatic heterocycles. The number of ether oxygens (including phenoxy) is 2. The summed E-state index contributed by atoms with van der Waals surface area (Å²) in [5, 5.41) is 3.43. The van der Waals surface area contributed by atoms with Crippen molar-refractivity contribution in [2.45, 2.75) is 57.9 Å². The average molecular weight is 343 g/mol. The summed E-state index contributed by atoms with van der Waals surface area (Å²) in [5.41, 5.74) is 0.611. The number of benzene rings is 1. The fourth-order valence-electron chi connectivity index (χ4n) is 5.80. The van der Waals surface area contributed by atoms with Gasteiger partial charge >= 0.3 is 0 Å². The lowest BCUT2D eigenvalue weighted by molar-refractivity contribution is -0.0167. The second kappa shape index (κ2) is 6.54. The van der Waals surface area contributed by atoms with E-state index in [2.05, 4.69) is 5.32 Å². The third-order valence-corrected chi connectivity index (χ3v) is 6.22. The van der Waals surface area contributed by atoms with E-state index in [1.165, 1.54) is 19.3 Å². The van der Waals surface area contributed by atoms with Crippen molar-refractivity contribution in [2.75, 3.05) is 13.2 Å². The molecule has 4 fully saturated rings. The van der Waals surface area contributed by atoms with Crippen molar-refractivity contribution < 1.29 is 14.3 Å². The van der Waals surface area contributed by atoms with Gasteiger partial charge in [-0.15, -0.1) is 0 Å². The summed E-state index contributed by atoms with van der Waals surface area (Å²) in [5.74, 6) is 3.80. The number of hydrogen-bond acceptors (Lipinski definition) is 3. The van der Waals surface area contributed by atoms with Crippen LogP contribution in [-0.4, -0.2) is 24.7 Å². The SMILES string of the molecule is CCOc1ccc(OCC)c(C(=O)NC23CC4CC(CC(C4)C2)C3)c1. The predicted octanol–water partition coefficient (Wildman–Crippen LogP) is 4.18. The molecule has 136 valence electrons. The Kier molecular flexibility index (Phi) is 4.38. The number of carbonyl (C=O) groups excluding carboxylic acids is 1. The van der Waals surface area contributed by atoms with Gasteiger partial charge in [0, 0.05) is 5.54 Å². The van der Waals surface area contributed by atoms with Crippen molar-refractivity contribution >= 4 is 5.91 Å². The van der Waals surface area contributed by atoms with Crippen molar-refractivity contribution in [2.24, 2.45) is 17.8 Å². The van der Waals surface area contributed by atoms with Crippen molar-refractivity contribution in [3.63, 3.8) is 0 Å². The lowest BCUT2D eigenvalue weighted by atomic mass is 9.53. The van der Waals surface area contributed by atoms with Crippen LogP contribution in [0.15, 0.2) is 18.2 Å². The largest absolute Gasteiger partial charge is 0.494 e. The first kappa shape index (κ1) is 16.7. The Hall–Kier alpha value is -1.71. The number of nitrogens with one attached hydrogen (secondary N) is 1. The van der Waals surface area contributed by atoms with Gasteiger partial charge in [-0.05, 0) is 88.3 Å². The molecule has 4 aliphatic rings. The minimum atomic E-state index is -0.00745. The van der Waals surface area contributed by atoms with E-state index in [4.69, 9.17) is 9.47 Å². The standard InChI is InChI=1S/C21H29NO3/c1-3-24-17-5-6-19(25-4-2)18(10-17)20(23)22-21-11-14-7-15(12-21)9-16(8-14)13-21/h5-6,10,14-16H,3-4,7-9,11-13H2,1-2H3,(H,22,23). The molecule has 1 N–H and O–H groups in total. The number of amides is 1. The Labute approximate surface area is 150 Å². The summed E-state index contributed by atoms with van der Waals surface area (Å²) >= 11 is 0. The molecule has 4 aliphatic carbocycles. The highest BCUT2D eigenvalue weighted by atomic mass is 16.5. The third kappa shape index (κ3) is 3.23. The van der Waals surface area contributed by atoms with Gasteiger partial charge in [0.15, 0.2) is 0 Å². The van der Waals surface area contributed by atoms with Gasteiger partial charge in [-0.1, -0.05) is 0 Å². The van der Waals surface area contributed by atoms with Crippen LogP contribution in [0.4, 0.5) is 0 Å². The Bertz CT molecular complexity index is 619. The van der Waals surface area contributed by atoms with Crippen LogP contribution >= 0.6 is 0 Å². The molecule has 1 aromatic rings. The monoisotopic (exact) mass is 343 g/mol. The minimum Gasteiger partial charge on any atom is -0.494 e. The first-order chi connectivity index (χ1) is 12.1. The summed E-state index contributed by atoms with van der Waals surface area (Å²) in [4.78, 5) is 13.1. The lowest BCUT2D eigenvalue weighted by Gasteiger charge is -2.56. The molecule has 4 bridgehead atoms. The second-order valence-corrected chi connectivity index (χ2v) is 8.18. The third-order valence-electron chi connectivity index (χ3n) is 6.22. The summed E-state index contributed by atoms with van der Waals surface area (Å²) in [6.45, 7) is 5.03. The first-order valence-corrected chi connectivity index (χ1v) is 9.83. The molecule has 0 radical (unpaired) electrons. The van der Waals surface area contributed by atoms with E-state index >= 15 is 0 Å². The minimum absolute atomic E-state index is 0.00745. The van der Waals surface area contributed by atoms with Gasteiger partial charge in [-0.2, -0.15) is 0 Å². The fraction of sp³-hybridized carbons (Fsp3) is 0.667. The van der Waals surface area contributed by atoms with Gasteiger partial charge in [-0.25, -0.2) is 0 Å². The zero-order valence-electron chi connectivity index (χ0n) is 15.3. The van der Waals surface area contributed by atoms with Crippen molar-refractivity contribution in [1.82, 2.24) is 5.32 Å². The van der Waals surface area contributed by atoms with E-state index in [9.17, 15) is 4.79 Å². The molecule has 0 heterocycles. The highest BCUT2D eigenvalue weighted by molar-refractivity contribution is 5.97. The highest BCUT2D eigenvalue weighted by Crippen LogP contribution is 2.55. The summed E-state index contributed by atoms with van der Waals surface area (Å²) in [7, 11) is 0. The normalized spacial score (nSPS) is 32.5. The Morgan fingerprint density at radius 3 is 2.20 bits per heavy atom. The van der Waals surface area contributed by atoms with Crippen LogP contribution in [0.1, 0.15) is 62.7 Å². The summed E-state index contributed by atoms with van der Waals surface area (Å²) in [6, 6.07) is 5.55. The Morgan fingerprint density at radius 2 is 1.64 bits per heavy atom. The summed E-state index contributed by atoms with van der Waals surface area (Å²) in [6.07, 6.45) is 7.58. The van der Waals surface area contributed by atoms with E-state index < -0.39 is 0 Å². The zero-order chi connectivity index (χ0) is 17.4. The molecular weight excluding hydrogens is 314 g/mol. The van der Waals surface area contributed by atoms with E-state index in [1.54, 1.807) is 0 Å². The molecule has 1 aromatic carbocycles. The van der Waals surface area contributed by atoms with E-state index in [0.717, 1.165) is 42.8 Å². The maximum atomic E-state index is 13.1. The van der Waals surface area contributed by atoms with Crippen LogP contribution < -0.4 is 14.8 Å². The number of rotatable bonds is 6. The molecule has 0 spiro atoms. The van der Waals surface area contributed by atoms with E-state index in [0.29, 0.717) is 24.5 Å². The van der Waals surface area contributed by atoms with Crippen LogP contribution in [0.5, 0.6) is 11.5 Å². The maximum absolute atomic E-state index is 13.1.